The summed E-state index contributed by atoms with van der Waals surface area (Å²) in [5.41, 5.74) is 3.78. The monoisotopic (exact) mass is 274 g/mol. The van der Waals surface area contributed by atoms with Gasteiger partial charge in [-0.15, -0.1) is 0 Å². The van der Waals surface area contributed by atoms with Gasteiger partial charge >= 0.3 is 0 Å². The fourth-order valence-corrected chi connectivity index (χ4v) is 2.00. The summed E-state index contributed by atoms with van der Waals surface area (Å²) in [6.45, 7) is 2.21. The van der Waals surface area contributed by atoms with Crippen molar-refractivity contribution in [2.75, 3.05) is 0 Å². The Kier molecular flexibility index (Phi) is 9.20. The smallest absolute Gasteiger partial charge is 0.240 e. The molecule has 1 aromatic rings. The zero-order chi connectivity index (χ0) is 14.5. The maximum Gasteiger partial charge on any atom is 0.240 e. The number of carbonyl (C=O) groups is 1. The van der Waals surface area contributed by atoms with Crippen LogP contribution >= 0.6 is 0 Å². The van der Waals surface area contributed by atoms with Gasteiger partial charge in [0, 0.05) is 19.1 Å². The molecule has 3 nitrogen and oxygen atoms in total. The van der Waals surface area contributed by atoms with Gasteiger partial charge in [0.15, 0.2) is 0 Å². The first kappa shape index (κ1) is 16.4. The van der Waals surface area contributed by atoms with E-state index in [0.717, 1.165) is 19.3 Å². The Morgan fingerprint density at radius 1 is 1.10 bits per heavy atom. The number of carbonyl (C=O) groups excluding carboxylic acids is 1. The molecule has 0 radical (unpaired) electrons. The van der Waals surface area contributed by atoms with Crippen molar-refractivity contribution in [3.8, 4) is 0 Å². The van der Waals surface area contributed by atoms with Crippen molar-refractivity contribution in [3.05, 3.63) is 35.9 Å². The maximum absolute atomic E-state index is 11.5. The van der Waals surface area contributed by atoms with Crippen LogP contribution in [0.1, 0.15) is 57.4 Å². The molecule has 1 amide bonds. The lowest BCUT2D eigenvalue weighted by atomic mass is 10.1. The van der Waals surface area contributed by atoms with E-state index in [1.165, 1.54) is 31.2 Å². The molecule has 0 aromatic heterocycles. The third-order valence-corrected chi connectivity index (χ3v) is 3.21. The molecule has 0 aliphatic carbocycles. The van der Waals surface area contributed by atoms with Gasteiger partial charge in [-0.2, -0.15) is 5.10 Å². The summed E-state index contributed by atoms with van der Waals surface area (Å²) in [5, 5.41) is 3.97. The molecule has 3 heteroatoms. The number of benzene rings is 1. The van der Waals surface area contributed by atoms with E-state index in [4.69, 9.17) is 0 Å². The van der Waals surface area contributed by atoms with Crippen LogP contribution in [0.4, 0.5) is 0 Å². The van der Waals surface area contributed by atoms with Gasteiger partial charge in [-0.3, -0.25) is 4.79 Å². The number of nitrogens with one attached hydrogen (secondary N) is 1. The highest BCUT2D eigenvalue weighted by Crippen LogP contribution is 2.06. The van der Waals surface area contributed by atoms with E-state index in [1.54, 1.807) is 6.21 Å². The molecule has 0 heterocycles. The zero-order valence-corrected chi connectivity index (χ0v) is 12.5. The second-order valence-electron chi connectivity index (χ2n) is 5.05. The molecule has 0 fully saturated rings. The van der Waals surface area contributed by atoms with Crippen LogP contribution in [0.5, 0.6) is 0 Å². The number of rotatable bonds is 10. The largest absolute Gasteiger partial charge is 0.273 e. The summed E-state index contributed by atoms with van der Waals surface area (Å²) in [6.07, 6.45) is 10.3. The van der Waals surface area contributed by atoms with Gasteiger partial charge in [0.2, 0.25) is 5.91 Å². The quantitative estimate of drug-likeness (QED) is 0.390. The number of amides is 1. The zero-order valence-electron chi connectivity index (χ0n) is 12.5. The Morgan fingerprint density at radius 3 is 2.55 bits per heavy atom. The highest BCUT2D eigenvalue weighted by atomic mass is 16.2. The molecule has 1 aromatic carbocycles. The van der Waals surface area contributed by atoms with Gasteiger partial charge in [0.05, 0.1) is 0 Å². The van der Waals surface area contributed by atoms with Crippen molar-refractivity contribution in [2.24, 2.45) is 5.10 Å². The molecule has 0 bridgehead atoms. The fourth-order valence-electron chi connectivity index (χ4n) is 2.00. The minimum atomic E-state index is 0.0183. The van der Waals surface area contributed by atoms with Crippen molar-refractivity contribution in [1.29, 1.82) is 0 Å². The molecule has 0 spiro atoms. The molecule has 0 aliphatic rings. The van der Waals surface area contributed by atoms with E-state index >= 15 is 0 Å². The van der Waals surface area contributed by atoms with Crippen LogP contribution in [-0.4, -0.2) is 12.1 Å². The summed E-state index contributed by atoms with van der Waals surface area (Å²) in [7, 11) is 0. The van der Waals surface area contributed by atoms with Crippen LogP contribution in [-0.2, 0) is 11.2 Å². The average molecular weight is 274 g/mol. The Balaban J connectivity index is 2.02. The lowest BCUT2D eigenvalue weighted by Crippen LogP contribution is -2.17. The van der Waals surface area contributed by atoms with Gasteiger partial charge in [0.25, 0.3) is 0 Å². The first-order valence-corrected chi connectivity index (χ1v) is 7.67. The number of nitrogens with zero attached hydrogens (tertiary/aromatic N) is 1. The van der Waals surface area contributed by atoms with Crippen molar-refractivity contribution in [1.82, 2.24) is 5.43 Å². The highest BCUT2D eigenvalue weighted by Gasteiger charge is 1.98. The topological polar surface area (TPSA) is 41.5 Å². The molecular weight excluding hydrogens is 248 g/mol. The number of hydrogen-bond acceptors (Lipinski definition) is 2. The van der Waals surface area contributed by atoms with Crippen molar-refractivity contribution in [2.45, 2.75) is 58.3 Å². The van der Waals surface area contributed by atoms with Gasteiger partial charge in [-0.25, -0.2) is 5.43 Å². The van der Waals surface area contributed by atoms with Crippen LogP contribution in [0.25, 0.3) is 0 Å². The van der Waals surface area contributed by atoms with Crippen LogP contribution < -0.4 is 5.43 Å². The lowest BCUT2D eigenvalue weighted by Gasteiger charge is -2.00. The predicted molar refractivity (Wildman–Crippen MR) is 84.8 cm³/mol. The number of unbranched alkanes of at least 4 members (excludes halogenated alkanes) is 5. The first-order valence-electron chi connectivity index (χ1n) is 7.67. The van der Waals surface area contributed by atoms with Crippen molar-refractivity contribution < 1.29 is 4.79 Å². The summed E-state index contributed by atoms with van der Waals surface area (Å²) in [5.74, 6) is 0.0183. The Morgan fingerprint density at radius 2 is 1.80 bits per heavy atom. The van der Waals surface area contributed by atoms with E-state index in [-0.39, 0.29) is 5.91 Å². The maximum atomic E-state index is 11.5. The van der Waals surface area contributed by atoms with E-state index in [1.807, 2.05) is 30.3 Å². The second-order valence-corrected chi connectivity index (χ2v) is 5.05. The summed E-state index contributed by atoms with van der Waals surface area (Å²) >= 11 is 0. The molecule has 0 saturated heterocycles. The van der Waals surface area contributed by atoms with Gasteiger partial charge in [-0.1, -0.05) is 69.4 Å². The Labute approximate surface area is 122 Å². The highest BCUT2D eigenvalue weighted by molar-refractivity contribution is 5.76. The SMILES string of the molecule is CCCCCCCCC(=O)N/N=C/Cc1ccccc1. The van der Waals surface area contributed by atoms with Gasteiger partial charge in [-0.05, 0) is 12.0 Å². The summed E-state index contributed by atoms with van der Waals surface area (Å²) < 4.78 is 0. The average Bonchev–Trinajstić information content (AvgIpc) is 2.48. The molecule has 1 rings (SSSR count). The van der Waals surface area contributed by atoms with E-state index in [0.29, 0.717) is 6.42 Å². The minimum Gasteiger partial charge on any atom is -0.273 e. The molecule has 1 N–H and O–H groups in total. The number of hydrogen-bond donors (Lipinski definition) is 1. The predicted octanol–water partition coefficient (Wildman–Crippen LogP) is 4.08. The molecule has 0 unspecified atom stereocenters. The van der Waals surface area contributed by atoms with Crippen LogP contribution in [0.3, 0.4) is 0 Å². The Hall–Kier alpha value is -1.64. The molecule has 110 valence electrons. The van der Waals surface area contributed by atoms with Gasteiger partial charge in [0.1, 0.15) is 0 Å². The van der Waals surface area contributed by atoms with Crippen LogP contribution in [0, 0.1) is 0 Å². The summed E-state index contributed by atoms with van der Waals surface area (Å²) in [6, 6.07) is 10.1. The first-order chi connectivity index (χ1) is 9.83. The fraction of sp³-hybridized carbons (Fsp3) is 0.529. The third kappa shape index (κ3) is 8.46. The normalized spacial score (nSPS) is 10.8. The lowest BCUT2D eigenvalue weighted by molar-refractivity contribution is -0.121. The summed E-state index contributed by atoms with van der Waals surface area (Å²) in [4.78, 5) is 11.5. The minimum absolute atomic E-state index is 0.0183. The van der Waals surface area contributed by atoms with E-state index < -0.39 is 0 Å². The second kappa shape index (κ2) is 11.2. The van der Waals surface area contributed by atoms with E-state index in [2.05, 4.69) is 17.5 Å². The van der Waals surface area contributed by atoms with Crippen LogP contribution in [0.15, 0.2) is 35.4 Å². The molecule has 0 atom stereocenters. The van der Waals surface area contributed by atoms with Gasteiger partial charge < -0.3 is 0 Å². The molecule has 20 heavy (non-hydrogen) atoms. The number of hydrazone groups is 1. The third-order valence-electron chi connectivity index (χ3n) is 3.21. The standard InChI is InChI=1S/C17H26N2O/c1-2-3-4-5-6-10-13-17(20)19-18-15-14-16-11-8-7-9-12-16/h7-9,11-12,15H,2-6,10,13-14H2,1H3,(H,19,20)/b18-15+. The van der Waals surface area contributed by atoms with Crippen molar-refractivity contribution >= 4 is 12.1 Å². The molecule has 0 aliphatic heterocycles. The Bertz CT molecular complexity index is 387. The van der Waals surface area contributed by atoms with E-state index in [9.17, 15) is 4.79 Å². The molecule has 0 saturated carbocycles. The molecular formula is C17H26N2O. The van der Waals surface area contributed by atoms with Crippen molar-refractivity contribution in [3.63, 3.8) is 0 Å². The van der Waals surface area contributed by atoms with Crippen LogP contribution in [0.2, 0.25) is 0 Å².